The second-order valence-corrected chi connectivity index (χ2v) is 3.16. The van der Waals surface area contributed by atoms with Gasteiger partial charge in [0.05, 0.1) is 0 Å². The van der Waals surface area contributed by atoms with E-state index in [-0.39, 0.29) is 5.91 Å². The van der Waals surface area contributed by atoms with Crippen molar-refractivity contribution in [2.24, 2.45) is 11.7 Å². The first-order valence-corrected chi connectivity index (χ1v) is 4.07. The van der Waals surface area contributed by atoms with Gasteiger partial charge in [-0.3, -0.25) is 4.79 Å². The van der Waals surface area contributed by atoms with E-state index in [2.05, 4.69) is 0 Å². The summed E-state index contributed by atoms with van der Waals surface area (Å²) in [5.74, 6) is 0.652. The van der Waals surface area contributed by atoms with Crippen LogP contribution < -0.4 is 5.73 Å². The first-order valence-electron chi connectivity index (χ1n) is 4.07. The topological polar surface area (TPSA) is 43.1 Å². The number of hydrogen-bond donors (Lipinski definition) is 1. The van der Waals surface area contributed by atoms with Crippen molar-refractivity contribution in [1.29, 1.82) is 0 Å². The van der Waals surface area contributed by atoms with Crippen LogP contribution in [0.25, 0.3) is 0 Å². The SMILES string of the molecule is NC(=O)CCC1CCCC1. The average molecular weight is 141 g/mol. The Morgan fingerprint density at radius 3 is 2.50 bits per heavy atom. The van der Waals surface area contributed by atoms with Gasteiger partial charge in [-0.05, 0) is 12.3 Å². The molecule has 0 aromatic rings. The molecule has 2 heteroatoms. The van der Waals surface area contributed by atoms with Gasteiger partial charge in [-0.1, -0.05) is 25.7 Å². The molecule has 0 aromatic carbocycles. The zero-order valence-corrected chi connectivity index (χ0v) is 6.31. The highest BCUT2D eigenvalue weighted by Crippen LogP contribution is 2.28. The average Bonchev–Trinajstić information content (AvgIpc) is 2.34. The Kier molecular flexibility index (Phi) is 2.72. The van der Waals surface area contributed by atoms with Gasteiger partial charge in [0, 0.05) is 6.42 Å². The largest absolute Gasteiger partial charge is 0.370 e. The molecule has 0 aromatic heterocycles. The molecular weight excluding hydrogens is 126 g/mol. The van der Waals surface area contributed by atoms with E-state index >= 15 is 0 Å². The van der Waals surface area contributed by atoms with Gasteiger partial charge in [0.1, 0.15) is 0 Å². The predicted molar refractivity (Wildman–Crippen MR) is 40.4 cm³/mol. The highest BCUT2D eigenvalue weighted by molar-refractivity contribution is 5.73. The quantitative estimate of drug-likeness (QED) is 0.635. The van der Waals surface area contributed by atoms with Crippen molar-refractivity contribution in [3.05, 3.63) is 0 Å². The van der Waals surface area contributed by atoms with Gasteiger partial charge in [-0.15, -0.1) is 0 Å². The summed E-state index contributed by atoms with van der Waals surface area (Å²) < 4.78 is 0. The Labute approximate surface area is 61.8 Å². The number of hydrogen-bond acceptors (Lipinski definition) is 1. The van der Waals surface area contributed by atoms with Gasteiger partial charge >= 0.3 is 0 Å². The molecule has 10 heavy (non-hydrogen) atoms. The van der Waals surface area contributed by atoms with Gasteiger partial charge in [0.2, 0.25) is 5.91 Å². The van der Waals surface area contributed by atoms with Crippen LogP contribution in [0, 0.1) is 5.92 Å². The summed E-state index contributed by atoms with van der Waals surface area (Å²) in [5.41, 5.74) is 5.03. The molecule has 0 atom stereocenters. The normalized spacial score (nSPS) is 19.6. The third-order valence-electron chi connectivity index (χ3n) is 2.27. The summed E-state index contributed by atoms with van der Waals surface area (Å²) in [6, 6.07) is 0. The van der Waals surface area contributed by atoms with Crippen LogP contribution >= 0.6 is 0 Å². The lowest BCUT2D eigenvalue weighted by atomic mass is 10.0. The molecule has 0 bridgehead atoms. The molecule has 1 amide bonds. The standard InChI is InChI=1S/C8H15NO/c9-8(10)6-5-7-3-1-2-4-7/h7H,1-6H2,(H2,9,10). The van der Waals surface area contributed by atoms with Crippen molar-refractivity contribution in [2.75, 3.05) is 0 Å². The Morgan fingerprint density at radius 2 is 2.00 bits per heavy atom. The van der Waals surface area contributed by atoms with Gasteiger partial charge in [0.15, 0.2) is 0 Å². The minimum absolute atomic E-state index is 0.146. The van der Waals surface area contributed by atoms with Crippen LogP contribution in [0.4, 0.5) is 0 Å². The summed E-state index contributed by atoms with van der Waals surface area (Å²) >= 11 is 0. The molecule has 2 N–H and O–H groups in total. The summed E-state index contributed by atoms with van der Waals surface area (Å²) in [6.07, 6.45) is 6.94. The maximum Gasteiger partial charge on any atom is 0.217 e. The monoisotopic (exact) mass is 141 g/mol. The van der Waals surface area contributed by atoms with Crippen molar-refractivity contribution < 1.29 is 4.79 Å². The molecule has 2 nitrogen and oxygen atoms in total. The maximum atomic E-state index is 10.4. The van der Waals surface area contributed by atoms with Gasteiger partial charge in [-0.25, -0.2) is 0 Å². The van der Waals surface area contributed by atoms with E-state index in [1.54, 1.807) is 0 Å². The van der Waals surface area contributed by atoms with Gasteiger partial charge < -0.3 is 5.73 Å². The second kappa shape index (κ2) is 3.59. The predicted octanol–water partition coefficient (Wildman–Crippen LogP) is 1.44. The highest BCUT2D eigenvalue weighted by atomic mass is 16.1. The fraction of sp³-hybridized carbons (Fsp3) is 0.875. The van der Waals surface area contributed by atoms with Crippen LogP contribution in [-0.4, -0.2) is 5.91 Å². The molecule has 0 saturated heterocycles. The summed E-state index contributed by atoms with van der Waals surface area (Å²) in [6.45, 7) is 0. The van der Waals surface area contributed by atoms with Crippen molar-refractivity contribution in [1.82, 2.24) is 0 Å². The number of nitrogens with two attached hydrogens (primary N) is 1. The number of amides is 1. The van der Waals surface area contributed by atoms with Crippen LogP contribution in [0.1, 0.15) is 38.5 Å². The smallest absolute Gasteiger partial charge is 0.217 e. The molecule has 1 aliphatic rings. The molecule has 1 aliphatic carbocycles. The molecule has 0 unspecified atom stereocenters. The van der Waals surface area contributed by atoms with Crippen LogP contribution in [-0.2, 0) is 4.79 Å². The molecule has 1 fully saturated rings. The molecular formula is C8H15NO. The summed E-state index contributed by atoms with van der Waals surface area (Å²) in [4.78, 5) is 10.4. The fourth-order valence-corrected chi connectivity index (χ4v) is 1.65. The fourth-order valence-electron chi connectivity index (χ4n) is 1.65. The number of primary amides is 1. The molecule has 0 spiro atoms. The summed E-state index contributed by atoms with van der Waals surface area (Å²) in [7, 11) is 0. The molecule has 1 saturated carbocycles. The maximum absolute atomic E-state index is 10.4. The Morgan fingerprint density at radius 1 is 1.40 bits per heavy atom. The van der Waals surface area contributed by atoms with E-state index in [0.717, 1.165) is 12.3 Å². The number of carbonyl (C=O) groups is 1. The number of rotatable bonds is 3. The third kappa shape index (κ3) is 2.38. The van der Waals surface area contributed by atoms with Crippen molar-refractivity contribution in [2.45, 2.75) is 38.5 Å². The summed E-state index contributed by atoms with van der Waals surface area (Å²) in [5, 5.41) is 0. The first-order chi connectivity index (χ1) is 4.79. The lowest BCUT2D eigenvalue weighted by molar-refractivity contribution is -0.118. The minimum atomic E-state index is -0.146. The molecule has 58 valence electrons. The first kappa shape index (κ1) is 7.58. The van der Waals surface area contributed by atoms with E-state index in [4.69, 9.17) is 5.73 Å². The van der Waals surface area contributed by atoms with Gasteiger partial charge in [-0.2, -0.15) is 0 Å². The van der Waals surface area contributed by atoms with E-state index in [1.807, 2.05) is 0 Å². The molecule has 0 radical (unpaired) electrons. The van der Waals surface area contributed by atoms with Crippen LogP contribution in [0.3, 0.4) is 0 Å². The van der Waals surface area contributed by atoms with E-state index < -0.39 is 0 Å². The number of carbonyl (C=O) groups excluding carboxylic acids is 1. The second-order valence-electron chi connectivity index (χ2n) is 3.16. The van der Waals surface area contributed by atoms with Crippen LogP contribution in [0.5, 0.6) is 0 Å². The molecule has 0 aliphatic heterocycles. The zero-order chi connectivity index (χ0) is 7.40. The Balaban J connectivity index is 2.07. The highest BCUT2D eigenvalue weighted by Gasteiger charge is 2.14. The van der Waals surface area contributed by atoms with Crippen molar-refractivity contribution in [3.63, 3.8) is 0 Å². The van der Waals surface area contributed by atoms with Crippen molar-refractivity contribution >= 4 is 5.91 Å². The Hall–Kier alpha value is -0.530. The lowest BCUT2D eigenvalue weighted by Gasteiger charge is -2.04. The van der Waals surface area contributed by atoms with Crippen LogP contribution in [0.2, 0.25) is 0 Å². The zero-order valence-electron chi connectivity index (χ0n) is 6.31. The van der Waals surface area contributed by atoms with E-state index in [9.17, 15) is 4.79 Å². The van der Waals surface area contributed by atoms with E-state index in [0.29, 0.717) is 6.42 Å². The lowest BCUT2D eigenvalue weighted by Crippen LogP contribution is -2.11. The van der Waals surface area contributed by atoms with Crippen LogP contribution in [0.15, 0.2) is 0 Å². The third-order valence-corrected chi connectivity index (χ3v) is 2.27. The molecule has 1 rings (SSSR count). The van der Waals surface area contributed by atoms with Gasteiger partial charge in [0.25, 0.3) is 0 Å². The molecule has 0 heterocycles. The van der Waals surface area contributed by atoms with E-state index in [1.165, 1.54) is 25.7 Å². The van der Waals surface area contributed by atoms with Crippen molar-refractivity contribution in [3.8, 4) is 0 Å². The minimum Gasteiger partial charge on any atom is -0.370 e. The Bertz CT molecular complexity index is 116.